The fraction of sp³-hybridized carbons (Fsp3) is 0.714. The Morgan fingerprint density at radius 1 is 1.21 bits per heavy atom. The number of pyridine rings is 1. The third-order valence-corrected chi connectivity index (χ3v) is 6.29. The summed E-state index contributed by atoms with van der Waals surface area (Å²) >= 11 is 0. The number of piperidine rings is 1. The van der Waals surface area contributed by atoms with E-state index in [4.69, 9.17) is 4.74 Å². The lowest BCUT2D eigenvalue weighted by atomic mass is 9.88. The average Bonchev–Trinajstić information content (AvgIpc) is 2.58. The molecule has 1 aromatic rings. The quantitative estimate of drug-likeness (QED) is 0.812. The van der Waals surface area contributed by atoms with Gasteiger partial charge in [0, 0.05) is 19.3 Å². The molecule has 0 radical (unpaired) electrons. The molecule has 2 unspecified atom stereocenters. The minimum Gasteiger partial charge on any atom is -0.444 e. The molecular weight excluding hydrogens is 374 g/mol. The highest BCUT2D eigenvalue weighted by molar-refractivity contribution is 7.84. The molecule has 7 heteroatoms. The van der Waals surface area contributed by atoms with Crippen LogP contribution in [0, 0.1) is 12.8 Å². The second kappa shape index (κ2) is 8.91. The fourth-order valence-corrected chi connectivity index (χ4v) is 3.99. The van der Waals surface area contributed by atoms with E-state index in [2.05, 4.69) is 9.71 Å². The third-order valence-electron chi connectivity index (χ3n) is 4.71. The van der Waals surface area contributed by atoms with Crippen molar-refractivity contribution < 1.29 is 13.7 Å². The molecule has 28 heavy (non-hydrogen) atoms. The number of rotatable bonds is 4. The molecule has 1 fully saturated rings. The Balaban J connectivity index is 2.11. The average molecular weight is 410 g/mol. The highest BCUT2D eigenvalue weighted by Crippen LogP contribution is 2.32. The van der Waals surface area contributed by atoms with Crippen LogP contribution in [-0.4, -0.2) is 43.6 Å². The van der Waals surface area contributed by atoms with Gasteiger partial charge in [-0.25, -0.2) is 13.7 Å². The van der Waals surface area contributed by atoms with Gasteiger partial charge in [0.05, 0.1) is 27.5 Å². The number of amides is 1. The maximum atomic E-state index is 12.8. The molecule has 1 aliphatic heterocycles. The minimum atomic E-state index is -1.20. The predicted molar refractivity (Wildman–Crippen MR) is 113 cm³/mol. The number of likely N-dealkylation sites (tertiary alicyclic amines) is 1. The number of aromatic nitrogens is 1. The Bertz CT molecular complexity index is 684. The van der Waals surface area contributed by atoms with Crippen LogP contribution in [0.4, 0.5) is 4.79 Å². The summed E-state index contributed by atoms with van der Waals surface area (Å²) in [6.07, 6.45) is 3.21. The molecule has 1 aliphatic rings. The summed E-state index contributed by atoms with van der Waals surface area (Å²) in [6, 6.07) is 3.93. The molecule has 1 N–H and O–H groups in total. The molecule has 158 valence electrons. The normalized spacial score (nSPS) is 18.6. The van der Waals surface area contributed by atoms with Gasteiger partial charge in [-0.15, -0.1) is 0 Å². The number of hydrogen-bond donors (Lipinski definition) is 1. The first kappa shape index (κ1) is 22.8. The van der Waals surface area contributed by atoms with Crippen LogP contribution in [0.5, 0.6) is 0 Å². The highest BCUT2D eigenvalue weighted by atomic mass is 32.2. The van der Waals surface area contributed by atoms with Crippen molar-refractivity contribution in [3.8, 4) is 0 Å². The van der Waals surface area contributed by atoms with Gasteiger partial charge < -0.3 is 9.64 Å². The van der Waals surface area contributed by atoms with Crippen LogP contribution in [-0.2, 0) is 15.7 Å². The van der Waals surface area contributed by atoms with Gasteiger partial charge in [0.15, 0.2) is 0 Å². The van der Waals surface area contributed by atoms with E-state index in [-0.39, 0.29) is 22.8 Å². The van der Waals surface area contributed by atoms with Crippen LogP contribution in [0.3, 0.4) is 0 Å². The standard InChI is InChI=1S/C21H35N3O3S/c1-15-8-9-17(22-14-15)18(23-28(26)21(5,6)7)16-10-12-24(13-11-16)19(25)27-20(2,3)4/h8-9,14,16,18,23H,10-13H2,1-7H3. The van der Waals surface area contributed by atoms with E-state index in [0.717, 1.165) is 24.1 Å². The first-order valence-electron chi connectivity index (χ1n) is 9.95. The summed E-state index contributed by atoms with van der Waals surface area (Å²) in [4.78, 5) is 18.7. The van der Waals surface area contributed by atoms with Crippen molar-refractivity contribution >= 4 is 17.1 Å². The highest BCUT2D eigenvalue weighted by Gasteiger charge is 2.34. The molecule has 1 amide bonds. The predicted octanol–water partition coefficient (Wildman–Crippen LogP) is 4.13. The molecule has 0 spiro atoms. The molecule has 1 saturated heterocycles. The molecule has 0 bridgehead atoms. The van der Waals surface area contributed by atoms with Gasteiger partial charge in [0.25, 0.3) is 0 Å². The van der Waals surface area contributed by atoms with Crippen LogP contribution >= 0.6 is 0 Å². The summed E-state index contributed by atoms with van der Waals surface area (Å²) in [5.41, 5.74) is 1.51. The maximum Gasteiger partial charge on any atom is 0.410 e. The number of nitrogens with one attached hydrogen (secondary N) is 1. The lowest BCUT2D eigenvalue weighted by Gasteiger charge is -2.37. The Morgan fingerprint density at radius 3 is 2.29 bits per heavy atom. The number of carbonyl (C=O) groups excluding carboxylic acids is 1. The summed E-state index contributed by atoms with van der Waals surface area (Å²) in [5.74, 6) is 0.250. The Kier molecular flexibility index (Phi) is 7.26. The summed E-state index contributed by atoms with van der Waals surface area (Å²) < 4.78 is 21.2. The molecule has 2 heterocycles. The zero-order valence-corrected chi connectivity index (χ0v) is 19.1. The topological polar surface area (TPSA) is 71.5 Å². The monoisotopic (exact) mass is 409 g/mol. The van der Waals surface area contributed by atoms with Gasteiger partial charge in [-0.05, 0) is 78.9 Å². The van der Waals surface area contributed by atoms with E-state index in [9.17, 15) is 9.00 Å². The van der Waals surface area contributed by atoms with Crippen molar-refractivity contribution in [2.24, 2.45) is 5.92 Å². The van der Waals surface area contributed by atoms with Gasteiger partial charge >= 0.3 is 6.09 Å². The van der Waals surface area contributed by atoms with Gasteiger partial charge in [-0.2, -0.15) is 0 Å². The van der Waals surface area contributed by atoms with Gasteiger partial charge in [0.2, 0.25) is 0 Å². The number of carbonyl (C=O) groups is 1. The minimum absolute atomic E-state index is 0.110. The Labute approximate surface area is 172 Å². The molecule has 2 rings (SSSR count). The van der Waals surface area contributed by atoms with Crippen molar-refractivity contribution in [2.75, 3.05) is 13.1 Å². The van der Waals surface area contributed by atoms with Crippen LogP contribution in [0.25, 0.3) is 0 Å². The number of hydrogen-bond acceptors (Lipinski definition) is 4. The van der Waals surface area contributed by atoms with Crippen molar-refractivity contribution in [3.05, 3.63) is 29.6 Å². The maximum absolute atomic E-state index is 12.8. The zero-order valence-electron chi connectivity index (χ0n) is 18.2. The summed E-state index contributed by atoms with van der Waals surface area (Å²) in [6.45, 7) is 14.8. The van der Waals surface area contributed by atoms with Crippen LogP contribution in [0.2, 0.25) is 0 Å². The van der Waals surface area contributed by atoms with Crippen LogP contribution < -0.4 is 4.72 Å². The zero-order chi connectivity index (χ0) is 21.1. The van der Waals surface area contributed by atoms with Gasteiger partial charge in [-0.1, -0.05) is 6.07 Å². The Morgan fingerprint density at radius 2 is 1.82 bits per heavy atom. The number of aryl methyl sites for hydroxylation is 1. The molecule has 0 aliphatic carbocycles. The first-order valence-corrected chi connectivity index (χ1v) is 11.1. The van der Waals surface area contributed by atoms with E-state index in [1.807, 2.05) is 66.8 Å². The van der Waals surface area contributed by atoms with Gasteiger partial charge in [-0.3, -0.25) is 4.98 Å². The summed E-state index contributed by atoms with van der Waals surface area (Å²) in [5, 5.41) is 0. The molecular formula is C21H35N3O3S. The van der Waals surface area contributed by atoms with E-state index in [1.165, 1.54) is 0 Å². The van der Waals surface area contributed by atoms with E-state index in [1.54, 1.807) is 4.90 Å². The second-order valence-corrected chi connectivity index (χ2v) is 11.5. The molecule has 0 saturated carbocycles. The lowest BCUT2D eigenvalue weighted by molar-refractivity contribution is 0.0171. The number of ether oxygens (including phenoxy) is 1. The SMILES string of the molecule is Cc1ccc(C(NS(=O)C(C)(C)C)C2CCN(C(=O)OC(C)(C)C)CC2)nc1. The smallest absolute Gasteiger partial charge is 0.410 e. The second-order valence-electron chi connectivity index (χ2n) is 9.54. The fourth-order valence-electron chi connectivity index (χ4n) is 3.10. The lowest BCUT2D eigenvalue weighted by Crippen LogP contribution is -2.45. The van der Waals surface area contributed by atoms with Crippen molar-refractivity contribution in [3.63, 3.8) is 0 Å². The summed E-state index contributed by atoms with van der Waals surface area (Å²) in [7, 11) is -1.20. The third kappa shape index (κ3) is 6.55. The van der Waals surface area contributed by atoms with Crippen LogP contribution in [0.1, 0.15) is 71.7 Å². The van der Waals surface area contributed by atoms with E-state index in [0.29, 0.717) is 13.1 Å². The number of nitrogens with zero attached hydrogens (tertiary/aromatic N) is 2. The van der Waals surface area contributed by atoms with E-state index >= 15 is 0 Å². The first-order chi connectivity index (χ1) is 12.9. The van der Waals surface area contributed by atoms with Crippen LogP contribution in [0.15, 0.2) is 18.3 Å². The van der Waals surface area contributed by atoms with Crippen molar-refractivity contribution in [1.82, 2.24) is 14.6 Å². The molecule has 6 nitrogen and oxygen atoms in total. The van der Waals surface area contributed by atoms with Crippen molar-refractivity contribution in [1.29, 1.82) is 0 Å². The largest absolute Gasteiger partial charge is 0.444 e. The Hall–Kier alpha value is -1.47. The van der Waals surface area contributed by atoms with Gasteiger partial charge in [0.1, 0.15) is 5.60 Å². The molecule has 2 atom stereocenters. The molecule has 1 aromatic heterocycles. The van der Waals surface area contributed by atoms with Crippen molar-refractivity contribution in [2.45, 2.75) is 77.7 Å². The molecule has 0 aromatic carbocycles. The van der Waals surface area contributed by atoms with E-state index < -0.39 is 16.6 Å².